The lowest BCUT2D eigenvalue weighted by molar-refractivity contribution is -0.151. The van der Waals surface area contributed by atoms with E-state index in [1.165, 1.54) is 29.9 Å². The van der Waals surface area contributed by atoms with Crippen molar-refractivity contribution in [2.75, 3.05) is 0 Å². The lowest BCUT2D eigenvalue weighted by atomic mass is 9.98. The lowest BCUT2D eigenvalue weighted by Gasteiger charge is -2.18. The molecule has 0 aromatic carbocycles. The molecule has 0 amide bonds. The molecule has 138 valence electrons. The van der Waals surface area contributed by atoms with Gasteiger partial charge in [0.25, 0.3) is 0 Å². The zero-order valence-electron chi connectivity index (χ0n) is 14.3. The molecule has 0 aliphatic heterocycles. The Morgan fingerprint density at radius 3 is 2.67 bits per heavy atom. The van der Waals surface area contributed by atoms with Gasteiger partial charge < -0.3 is 4.98 Å². The number of rotatable bonds is 4. The Kier molecular flexibility index (Phi) is 4.14. The second kappa shape index (κ2) is 6.49. The third-order valence-corrected chi connectivity index (χ3v) is 4.32. The number of hydrogen-bond donors (Lipinski definition) is 1. The van der Waals surface area contributed by atoms with Crippen molar-refractivity contribution in [3.63, 3.8) is 0 Å². The Morgan fingerprint density at radius 1 is 1.15 bits per heavy atom. The molecule has 0 bridgehead atoms. The number of hydrogen-bond acceptors (Lipinski definition) is 4. The highest BCUT2D eigenvalue weighted by atomic mass is 19.4. The zero-order valence-corrected chi connectivity index (χ0v) is 14.3. The number of fused-ring (bicyclic) bond motifs is 1. The first-order chi connectivity index (χ1) is 13.0. The molecule has 0 spiro atoms. The van der Waals surface area contributed by atoms with Crippen LogP contribution in [0.3, 0.4) is 0 Å². The molecule has 0 radical (unpaired) electrons. The summed E-state index contributed by atoms with van der Waals surface area (Å²) in [4.78, 5) is 15.9. The average molecular weight is 372 g/mol. The number of aromatic amines is 1. The number of alkyl halides is 3. The van der Waals surface area contributed by atoms with Gasteiger partial charge in [0.2, 0.25) is 0 Å². The van der Waals surface area contributed by atoms with Crippen LogP contribution in [0.2, 0.25) is 0 Å². The highest BCUT2D eigenvalue weighted by molar-refractivity contribution is 5.75. The summed E-state index contributed by atoms with van der Waals surface area (Å²) in [5.41, 5.74) is 2.27. The van der Waals surface area contributed by atoms with Gasteiger partial charge in [-0.3, -0.25) is 0 Å². The van der Waals surface area contributed by atoms with E-state index in [-0.39, 0.29) is 12.0 Å². The smallest absolute Gasteiger partial charge is 0.323 e. The van der Waals surface area contributed by atoms with Gasteiger partial charge in [-0.05, 0) is 30.2 Å². The monoisotopic (exact) mass is 372 g/mol. The number of H-pyrrole nitrogens is 1. The van der Waals surface area contributed by atoms with E-state index in [9.17, 15) is 13.2 Å². The van der Waals surface area contributed by atoms with E-state index < -0.39 is 12.1 Å². The fourth-order valence-corrected chi connectivity index (χ4v) is 2.95. The second-order valence-corrected chi connectivity index (χ2v) is 6.08. The first-order valence-electron chi connectivity index (χ1n) is 8.34. The van der Waals surface area contributed by atoms with Crippen LogP contribution in [0, 0.1) is 0 Å². The molecule has 27 heavy (non-hydrogen) atoms. The van der Waals surface area contributed by atoms with Crippen molar-refractivity contribution < 1.29 is 13.2 Å². The fraction of sp³-hybridized carbons (Fsp3) is 0.222. The Morgan fingerprint density at radius 2 is 2.00 bits per heavy atom. The second-order valence-electron chi connectivity index (χ2n) is 6.08. The molecule has 0 fully saturated rings. The molecule has 1 N–H and O–H groups in total. The normalized spacial score (nSPS) is 13.2. The topological polar surface area (TPSA) is 72.3 Å². The third-order valence-electron chi connectivity index (χ3n) is 4.32. The van der Waals surface area contributed by atoms with Crippen LogP contribution in [-0.4, -0.2) is 35.9 Å². The molecule has 9 heteroatoms. The Balaban J connectivity index is 1.61. The predicted molar refractivity (Wildman–Crippen MR) is 93.3 cm³/mol. The van der Waals surface area contributed by atoms with Crippen molar-refractivity contribution in [2.24, 2.45) is 0 Å². The van der Waals surface area contributed by atoms with Gasteiger partial charge in [0.1, 0.15) is 11.3 Å². The minimum absolute atomic E-state index is 0.0312. The molecule has 4 aromatic heterocycles. The summed E-state index contributed by atoms with van der Waals surface area (Å²) in [5.74, 6) is -0.485. The first kappa shape index (κ1) is 17.2. The van der Waals surface area contributed by atoms with Gasteiger partial charge in [0.05, 0.1) is 17.7 Å². The van der Waals surface area contributed by atoms with Crippen LogP contribution in [0.15, 0.2) is 49.1 Å². The molecule has 4 heterocycles. The Bertz CT molecular complexity index is 1030. The predicted octanol–water partition coefficient (Wildman–Crippen LogP) is 4.26. The van der Waals surface area contributed by atoms with Gasteiger partial charge in [-0.25, -0.2) is 19.6 Å². The van der Waals surface area contributed by atoms with Gasteiger partial charge in [-0.2, -0.15) is 18.3 Å². The Labute approximate surface area is 152 Å². The minimum Gasteiger partial charge on any atom is -0.323 e. The maximum absolute atomic E-state index is 13.0. The van der Waals surface area contributed by atoms with Crippen molar-refractivity contribution in [3.05, 3.63) is 54.6 Å². The number of aromatic nitrogens is 6. The standard InChI is InChI=1S/C18H15F3N6/c1-2-13(18(19,20)21)11-5-6-15(23-8-11)27-10-12(9-24-27)16-25-14-4-3-7-22-17(14)26-16/h3-10,13H,2H2,1H3,(H,22,25,26). The maximum Gasteiger partial charge on any atom is 0.395 e. The maximum atomic E-state index is 13.0. The number of pyridine rings is 2. The Hall–Kier alpha value is -3.23. The van der Waals surface area contributed by atoms with E-state index in [4.69, 9.17) is 0 Å². The van der Waals surface area contributed by atoms with Gasteiger partial charge in [-0.1, -0.05) is 13.0 Å². The molecule has 4 rings (SSSR count). The SMILES string of the molecule is CCC(c1ccc(-n2cc(-c3nc4cccnc4[nH]3)cn2)nc1)C(F)(F)F. The average Bonchev–Trinajstić information content (AvgIpc) is 3.28. The van der Waals surface area contributed by atoms with Crippen LogP contribution in [0.5, 0.6) is 0 Å². The zero-order chi connectivity index (χ0) is 19.0. The first-order valence-corrected chi connectivity index (χ1v) is 8.34. The number of nitrogens with one attached hydrogen (secondary N) is 1. The molecule has 0 saturated heterocycles. The van der Waals surface area contributed by atoms with Crippen LogP contribution >= 0.6 is 0 Å². The van der Waals surface area contributed by atoms with Crippen molar-refractivity contribution in [1.29, 1.82) is 0 Å². The summed E-state index contributed by atoms with van der Waals surface area (Å²) in [5, 5.41) is 4.23. The van der Waals surface area contributed by atoms with Gasteiger partial charge in [0.15, 0.2) is 11.5 Å². The highest BCUT2D eigenvalue weighted by Gasteiger charge is 2.39. The van der Waals surface area contributed by atoms with Crippen LogP contribution < -0.4 is 0 Å². The number of halogens is 3. The van der Waals surface area contributed by atoms with Crippen LogP contribution in [0.4, 0.5) is 13.2 Å². The number of imidazole rings is 1. The van der Waals surface area contributed by atoms with Crippen LogP contribution in [-0.2, 0) is 0 Å². The van der Waals surface area contributed by atoms with Crippen molar-refractivity contribution in [2.45, 2.75) is 25.4 Å². The largest absolute Gasteiger partial charge is 0.395 e. The summed E-state index contributed by atoms with van der Waals surface area (Å²) >= 11 is 0. The van der Waals surface area contributed by atoms with Crippen molar-refractivity contribution >= 4 is 11.2 Å². The summed E-state index contributed by atoms with van der Waals surface area (Å²) in [6, 6.07) is 6.61. The van der Waals surface area contributed by atoms with E-state index >= 15 is 0 Å². The fourth-order valence-electron chi connectivity index (χ4n) is 2.95. The molecule has 4 aromatic rings. The van der Waals surface area contributed by atoms with Crippen LogP contribution in [0.1, 0.15) is 24.8 Å². The van der Waals surface area contributed by atoms with Gasteiger partial charge in [0, 0.05) is 18.6 Å². The van der Waals surface area contributed by atoms with E-state index in [0.29, 0.717) is 17.3 Å². The molecule has 0 aliphatic rings. The highest BCUT2D eigenvalue weighted by Crippen LogP contribution is 2.37. The van der Waals surface area contributed by atoms with Crippen molar-refractivity contribution in [3.8, 4) is 17.2 Å². The summed E-state index contributed by atoms with van der Waals surface area (Å²) < 4.78 is 40.6. The molecule has 1 unspecified atom stereocenters. The quantitative estimate of drug-likeness (QED) is 0.581. The third kappa shape index (κ3) is 3.27. The number of nitrogens with zero attached hydrogens (tertiary/aromatic N) is 5. The summed E-state index contributed by atoms with van der Waals surface area (Å²) in [6.07, 6.45) is 1.93. The molecule has 6 nitrogen and oxygen atoms in total. The molecule has 0 aliphatic carbocycles. The van der Waals surface area contributed by atoms with E-state index in [0.717, 1.165) is 11.1 Å². The molecule has 0 saturated carbocycles. The van der Waals surface area contributed by atoms with Gasteiger partial charge in [-0.15, -0.1) is 0 Å². The molecule has 1 atom stereocenters. The molecular formula is C18H15F3N6. The molecular weight excluding hydrogens is 357 g/mol. The summed E-state index contributed by atoms with van der Waals surface area (Å²) in [7, 11) is 0. The van der Waals surface area contributed by atoms with E-state index in [1.54, 1.807) is 24.7 Å². The minimum atomic E-state index is -4.29. The van der Waals surface area contributed by atoms with E-state index in [2.05, 4.69) is 25.0 Å². The van der Waals surface area contributed by atoms with Crippen LogP contribution in [0.25, 0.3) is 28.4 Å². The van der Waals surface area contributed by atoms with Gasteiger partial charge >= 0.3 is 6.18 Å². The summed E-state index contributed by atoms with van der Waals surface area (Å²) in [6.45, 7) is 1.51. The lowest BCUT2D eigenvalue weighted by Crippen LogP contribution is -2.20. The van der Waals surface area contributed by atoms with E-state index in [1.807, 2.05) is 6.07 Å². The van der Waals surface area contributed by atoms with Crippen molar-refractivity contribution in [1.82, 2.24) is 29.7 Å².